The first-order valence-corrected chi connectivity index (χ1v) is 10.0. The van der Waals surface area contributed by atoms with E-state index in [0.717, 1.165) is 0 Å². The van der Waals surface area contributed by atoms with Crippen molar-refractivity contribution in [2.75, 3.05) is 11.9 Å². The zero-order chi connectivity index (χ0) is 23.0. The van der Waals surface area contributed by atoms with Crippen molar-refractivity contribution in [2.45, 2.75) is 43.3 Å². The number of halogens is 1. The number of carbonyl (C=O) groups is 1. The van der Waals surface area contributed by atoms with Crippen LogP contribution in [0.5, 0.6) is 0 Å². The molecule has 2 aromatic heterocycles. The third-order valence-corrected chi connectivity index (χ3v) is 5.75. The van der Waals surface area contributed by atoms with Crippen molar-refractivity contribution in [3.63, 3.8) is 0 Å². The maximum Gasteiger partial charge on any atom is 0.242 e. The van der Waals surface area contributed by atoms with E-state index in [0.29, 0.717) is 16.8 Å². The van der Waals surface area contributed by atoms with Gasteiger partial charge in [-0.05, 0) is 43.2 Å². The summed E-state index contributed by atoms with van der Waals surface area (Å²) in [5.41, 5.74) is 6.19. The number of rotatable bonds is 6. The van der Waals surface area contributed by atoms with Crippen LogP contribution in [0.1, 0.15) is 18.2 Å². The smallest absolute Gasteiger partial charge is 0.242 e. The number of aliphatic hydroxyl groups is 3. The Hall–Kier alpha value is -2.96. The fourth-order valence-corrected chi connectivity index (χ4v) is 3.92. The molecule has 0 spiro atoms. The van der Waals surface area contributed by atoms with E-state index in [1.54, 1.807) is 31.2 Å². The Morgan fingerprint density at radius 3 is 2.69 bits per heavy atom. The minimum Gasteiger partial charge on any atom is -0.394 e. The molecule has 5 atom stereocenters. The van der Waals surface area contributed by atoms with Crippen LogP contribution in [0.4, 0.5) is 10.2 Å². The molecule has 3 heterocycles. The predicted molar refractivity (Wildman–Crippen MR) is 111 cm³/mol. The van der Waals surface area contributed by atoms with Gasteiger partial charge >= 0.3 is 0 Å². The van der Waals surface area contributed by atoms with Crippen molar-refractivity contribution < 1.29 is 29.2 Å². The van der Waals surface area contributed by atoms with Gasteiger partial charge in [0.2, 0.25) is 5.91 Å². The number of nitrogens with zero attached hydrogens (tertiary/aromatic N) is 3. The van der Waals surface area contributed by atoms with Gasteiger partial charge in [-0.3, -0.25) is 4.79 Å². The Kier molecular flexibility index (Phi) is 5.93. The monoisotopic (exact) mass is 445 g/mol. The molecule has 11 heteroatoms. The summed E-state index contributed by atoms with van der Waals surface area (Å²) >= 11 is 0. The number of hydrogen-bond acceptors (Lipinski definition) is 8. The highest BCUT2D eigenvalue weighted by atomic mass is 19.1. The van der Waals surface area contributed by atoms with E-state index in [-0.39, 0.29) is 18.1 Å². The maximum atomic E-state index is 13.1. The minimum absolute atomic E-state index is 0.196. The third-order valence-electron chi connectivity index (χ3n) is 5.75. The van der Waals surface area contributed by atoms with E-state index in [1.807, 2.05) is 0 Å². The molecule has 0 unspecified atom stereocenters. The molecule has 3 aromatic rings. The molecule has 1 fully saturated rings. The topological polar surface area (TPSA) is 155 Å². The molecule has 1 amide bonds. The van der Waals surface area contributed by atoms with Crippen LogP contribution >= 0.6 is 0 Å². The number of fused-ring (bicyclic) bond motifs is 1. The normalized spacial score (nSPS) is 26.4. The highest BCUT2D eigenvalue weighted by molar-refractivity contribution is 5.97. The molecule has 0 bridgehead atoms. The molecule has 1 aromatic carbocycles. The average molecular weight is 445 g/mol. The predicted octanol–water partition coefficient (Wildman–Crippen LogP) is -0.295. The summed E-state index contributed by atoms with van der Waals surface area (Å²) in [6, 6.07) is 8.09. The Balaban J connectivity index is 1.57. The van der Waals surface area contributed by atoms with Crippen LogP contribution in [-0.4, -0.2) is 66.8 Å². The standard InChI is InChI=1S/C21H24FN5O5/c1-21(18(30)17(29)15(9-28)32-21)16-7-6-14-19(24-10-25-27(14)16)26-20(31)13(23)8-11-2-4-12(22)5-3-11/h2-7,10,13,15,17-18,28-30H,8-9,23H2,1H3,(H,24,25,26,31)/t13-,15+,17+,18+,21-/m0/s1. The van der Waals surface area contributed by atoms with Crippen LogP contribution in [0.3, 0.4) is 0 Å². The van der Waals surface area contributed by atoms with Crippen molar-refractivity contribution in [1.29, 1.82) is 0 Å². The first-order valence-electron chi connectivity index (χ1n) is 10.0. The molecular weight excluding hydrogens is 421 g/mol. The van der Waals surface area contributed by atoms with Gasteiger partial charge in [-0.15, -0.1) is 0 Å². The highest BCUT2D eigenvalue weighted by Crippen LogP contribution is 2.40. The lowest BCUT2D eigenvalue weighted by Gasteiger charge is -2.27. The van der Waals surface area contributed by atoms with Gasteiger partial charge in [-0.25, -0.2) is 13.9 Å². The number of anilines is 1. The number of amides is 1. The summed E-state index contributed by atoms with van der Waals surface area (Å²) in [5.74, 6) is -0.667. The summed E-state index contributed by atoms with van der Waals surface area (Å²) in [4.78, 5) is 16.7. The molecule has 0 aliphatic carbocycles. The zero-order valence-electron chi connectivity index (χ0n) is 17.2. The molecule has 4 rings (SSSR count). The van der Waals surface area contributed by atoms with E-state index < -0.39 is 42.5 Å². The van der Waals surface area contributed by atoms with Crippen LogP contribution in [-0.2, 0) is 21.6 Å². The van der Waals surface area contributed by atoms with Gasteiger partial charge in [-0.2, -0.15) is 5.10 Å². The van der Waals surface area contributed by atoms with E-state index >= 15 is 0 Å². The minimum atomic E-state index is -1.35. The quantitative estimate of drug-likeness (QED) is 0.347. The van der Waals surface area contributed by atoms with Crippen molar-refractivity contribution in [3.05, 3.63) is 59.8 Å². The molecule has 1 aliphatic rings. The number of aromatic nitrogens is 3. The molecule has 32 heavy (non-hydrogen) atoms. The first-order chi connectivity index (χ1) is 15.2. The van der Waals surface area contributed by atoms with Crippen LogP contribution in [0.2, 0.25) is 0 Å². The van der Waals surface area contributed by atoms with Gasteiger partial charge in [-0.1, -0.05) is 12.1 Å². The Bertz CT molecular complexity index is 1120. The molecule has 170 valence electrons. The second-order valence-electron chi connectivity index (χ2n) is 7.93. The largest absolute Gasteiger partial charge is 0.394 e. The Morgan fingerprint density at radius 2 is 2.03 bits per heavy atom. The summed E-state index contributed by atoms with van der Waals surface area (Å²) < 4.78 is 20.2. The van der Waals surface area contributed by atoms with E-state index in [1.165, 1.54) is 23.0 Å². The van der Waals surface area contributed by atoms with Crippen molar-refractivity contribution in [3.8, 4) is 0 Å². The number of ether oxygens (including phenoxy) is 1. The number of nitrogens with one attached hydrogen (secondary N) is 1. The number of aliphatic hydroxyl groups excluding tert-OH is 3. The van der Waals surface area contributed by atoms with Crippen LogP contribution in [0.15, 0.2) is 42.7 Å². The van der Waals surface area contributed by atoms with Crippen molar-refractivity contribution in [1.82, 2.24) is 14.6 Å². The van der Waals surface area contributed by atoms with Crippen LogP contribution in [0.25, 0.3) is 5.52 Å². The highest BCUT2D eigenvalue weighted by Gasteiger charge is 2.53. The van der Waals surface area contributed by atoms with E-state index in [9.17, 15) is 24.5 Å². The van der Waals surface area contributed by atoms with Gasteiger partial charge in [0, 0.05) is 0 Å². The molecule has 1 saturated heterocycles. The fourth-order valence-electron chi connectivity index (χ4n) is 3.92. The third kappa shape index (κ3) is 3.85. The van der Waals surface area contributed by atoms with Gasteiger partial charge < -0.3 is 31.1 Å². The van der Waals surface area contributed by atoms with Crippen LogP contribution < -0.4 is 11.1 Å². The lowest BCUT2D eigenvalue weighted by Crippen LogP contribution is -2.39. The van der Waals surface area contributed by atoms with Gasteiger partial charge in [0.15, 0.2) is 5.82 Å². The fraction of sp³-hybridized carbons (Fsp3) is 0.381. The van der Waals surface area contributed by atoms with Crippen LogP contribution in [0, 0.1) is 5.82 Å². The Labute approximate surface area is 182 Å². The molecule has 1 aliphatic heterocycles. The Morgan fingerprint density at radius 1 is 1.31 bits per heavy atom. The van der Waals surface area contributed by atoms with Crippen molar-refractivity contribution in [2.24, 2.45) is 5.73 Å². The summed E-state index contributed by atoms with van der Waals surface area (Å²) in [5, 5.41) is 37.0. The first kappa shape index (κ1) is 22.2. The number of carbonyl (C=O) groups excluding carboxylic acids is 1. The van der Waals surface area contributed by atoms with E-state index in [2.05, 4.69) is 15.4 Å². The molecule has 0 radical (unpaired) electrons. The van der Waals surface area contributed by atoms with Gasteiger partial charge in [0.05, 0.1) is 18.3 Å². The van der Waals surface area contributed by atoms with Gasteiger partial charge in [0.25, 0.3) is 0 Å². The second-order valence-corrected chi connectivity index (χ2v) is 7.93. The van der Waals surface area contributed by atoms with Gasteiger partial charge in [0.1, 0.15) is 41.6 Å². The number of nitrogens with two attached hydrogens (primary N) is 1. The second kappa shape index (κ2) is 8.52. The number of hydrogen-bond donors (Lipinski definition) is 5. The number of benzene rings is 1. The maximum absolute atomic E-state index is 13.1. The summed E-state index contributed by atoms with van der Waals surface area (Å²) in [6.07, 6.45) is -2.11. The summed E-state index contributed by atoms with van der Waals surface area (Å²) in [7, 11) is 0. The average Bonchev–Trinajstić information content (AvgIpc) is 3.32. The SMILES string of the molecule is C[C@@]1(c2ccc3c(NC(=O)[C@@H](N)Cc4ccc(F)cc4)ncnn23)O[C@H](CO)[C@@H](O)[C@H]1O. The molecule has 6 N–H and O–H groups in total. The summed E-state index contributed by atoms with van der Waals surface area (Å²) in [6.45, 7) is 1.12. The van der Waals surface area contributed by atoms with E-state index in [4.69, 9.17) is 10.5 Å². The molecular formula is C21H24FN5O5. The molecule has 0 saturated carbocycles. The zero-order valence-corrected chi connectivity index (χ0v) is 17.2. The molecule has 10 nitrogen and oxygen atoms in total. The lowest BCUT2D eigenvalue weighted by atomic mass is 9.93. The van der Waals surface area contributed by atoms with Crippen molar-refractivity contribution >= 4 is 17.2 Å². The lowest BCUT2D eigenvalue weighted by molar-refractivity contribution is -0.117.